The van der Waals surface area contributed by atoms with Crippen molar-refractivity contribution in [2.24, 2.45) is 0 Å². The zero-order valence-corrected chi connectivity index (χ0v) is 9.90. The van der Waals surface area contributed by atoms with Crippen molar-refractivity contribution in [2.45, 2.75) is 6.92 Å². The van der Waals surface area contributed by atoms with Crippen LogP contribution < -0.4 is 0 Å². The zero-order chi connectivity index (χ0) is 12.4. The average molecular weight is 245 g/mol. The SMILES string of the molecule is CC(=O)n1cc(C#N)c(-c2cccc(Cl)c2)c1. The molecule has 0 spiro atoms. The molecule has 0 aliphatic heterocycles. The third kappa shape index (κ3) is 2.22. The van der Waals surface area contributed by atoms with Crippen LogP contribution in [0, 0.1) is 11.3 Å². The molecule has 0 bridgehead atoms. The van der Waals surface area contributed by atoms with E-state index in [-0.39, 0.29) is 5.91 Å². The minimum Gasteiger partial charge on any atom is -0.293 e. The molecule has 0 aliphatic carbocycles. The normalized spacial score (nSPS) is 9.94. The molecule has 2 rings (SSSR count). The van der Waals surface area contributed by atoms with Crippen LogP contribution in [0.25, 0.3) is 11.1 Å². The second-order valence-electron chi connectivity index (χ2n) is 3.63. The van der Waals surface area contributed by atoms with Crippen molar-refractivity contribution in [2.75, 3.05) is 0 Å². The van der Waals surface area contributed by atoms with E-state index in [2.05, 4.69) is 6.07 Å². The van der Waals surface area contributed by atoms with Crippen molar-refractivity contribution in [3.63, 3.8) is 0 Å². The van der Waals surface area contributed by atoms with Crippen LogP contribution >= 0.6 is 11.6 Å². The molecule has 1 aromatic heterocycles. The molecule has 0 fully saturated rings. The lowest BCUT2D eigenvalue weighted by molar-refractivity contribution is 0.0937. The maximum atomic E-state index is 11.3. The molecule has 3 nitrogen and oxygen atoms in total. The summed E-state index contributed by atoms with van der Waals surface area (Å²) in [6.45, 7) is 1.45. The second kappa shape index (κ2) is 4.44. The molecule has 1 aromatic carbocycles. The lowest BCUT2D eigenvalue weighted by atomic mass is 10.1. The summed E-state index contributed by atoms with van der Waals surface area (Å²) in [7, 11) is 0. The van der Waals surface area contributed by atoms with Crippen molar-refractivity contribution in [1.82, 2.24) is 4.57 Å². The summed E-state index contributed by atoms with van der Waals surface area (Å²) in [6.07, 6.45) is 3.17. The fraction of sp³-hybridized carbons (Fsp3) is 0.0769. The molecule has 0 saturated carbocycles. The Morgan fingerprint density at radius 1 is 1.41 bits per heavy atom. The standard InChI is InChI=1S/C13H9ClN2O/c1-9(17)16-7-11(6-15)13(8-16)10-3-2-4-12(14)5-10/h2-5,7-8H,1H3. The van der Waals surface area contributed by atoms with Gasteiger partial charge in [-0.2, -0.15) is 5.26 Å². The number of rotatable bonds is 1. The average Bonchev–Trinajstić information content (AvgIpc) is 2.73. The third-order valence-electron chi connectivity index (χ3n) is 2.45. The van der Waals surface area contributed by atoms with Crippen LogP contribution in [-0.4, -0.2) is 10.5 Å². The Balaban J connectivity index is 2.59. The molecule has 0 unspecified atom stereocenters. The van der Waals surface area contributed by atoms with Crippen LogP contribution in [0.5, 0.6) is 0 Å². The number of benzene rings is 1. The maximum Gasteiger partial charge on any atom is 0.227 e. The smallest absolute Gasteiger partial charge is 0.227 e. The molecule has 2 aromatic rings. The van der Waals surface area contributed by atoms with E-state index in [1.165, 1.54) is 17.7 Å². The Morgan fingerprint density at radius 2 is 2.18 bits per heavy atom. The Hall–Kier alpha value is -2.05. The molecular formula is C13H9ClN2O. The first-order valence-corrected chi connectivity index (χ1v) is 5.38. The summed E-state index contributed by atoms with van der Waals surface area (Å²) < 4.78 is 1.40. The largest absolute Gasteiger partial charge is 0.293 e. The third-order valence-corrected chi connectivity index (χ3v) is 2.68. The second-order valence-corrected chi connectivity index (χ2v) is 4.07. The number of carbonyl (C=O) groups excluding carboxylic acids is 1. The summed E-state index contributed by atoms with van der Waals surface area (Å²) in [5, 5.41) is 9.64. The number of carbonyl (C=O) groups is 1. The first-order valence-electron chi connectivity index (χ1n) is 5.01. The first kappa shape index (κ1) is 11.4. The predicted octanol–water partition coefficient (Wildman–Crippen LogP) is 3.34. The molecule has 84 valence electrons. The minimum atomic E-state index is -0.130. The van der Waals surface area contributed by atoms with Gasteiger partial charge in [-0.15, -0.1) is 0 Å². The van der Waals surface area contributed by atoms with Gasteiger partial charge in [0.1, 0.15) is 6.07 Å². The van der Waals surface area contributed by atoms with Crippen LogP contribution in [0.2, 0.25) is 5.02 Å². The predicted molar refractivity (Wildman–Crippen MR) is 65.9 cm³/mol. The van der Waals surface area contributed by atoms with Gasteiger partial charge in [-0.25, -0.2) is 0 Å². The molecule has 0 radical (unpaired) electrons. The van der Waals surface area contributed by atoms with E-state index in [1.54, 1.807) is 18.3 Å². The summed E-state index contributed by atoms with van der Waals surface area (Å²) in [6, 6.07) is 9.26. The van der Waals surface area contributed by atoms with Crippen LogP contribution in [0.3, 0.4) is 0 Å². The maximum absolute atomic E-state index is 11.3. The van der Waals surface area contributed by atoms with Crippen molar-refractivity contribution < 1.29 is 4.79 Å². The summed E-state index contributed by atoms with van der Waals surface area (Å²) in [4.78, 5) is 11.3. The van der Waals surface area contributed by atoms with Crippen LogP contribution in [-0.2, 0) is 0 Å². The Labute approximate surface area is 104 Å². The summed E-state index contributed by atoms with van der Waals surface area (Å²) in [5.74, 6) is -0.130. The van der Waals surface area contributed by atoms with Crippen molar-refractivity contribution >= 4 is 17.5 Å². The quantitative estimate of drug-likeness (QED) is 0.772. The van der Waals surface area contributed by atoms with E-state index in [9.17, 15) is 4.79 Å². The molecule has 1 heterocycles. The number of nitriles is 1. The van der Waals surface area contributed by atoms with Gasteiger partial charge in [0.15, 0.2) is 0 Å². The summed E-state index contributed by atoms with van der Waals surface area (Å²) >= 11 is 5.90. The molecule has 0 atom stereocenters. The highest BCUT2D eigenvalue weighted by Gasteiger charge is 2.10. The van der Waals surface area contributed by atoms with E-state index in [0.29, 0.717) is 16.1 Å². The molecule has 0 aliphatic rings. The van der Waals surface area contributed by atoms with Gasteiger partial charge in [-0.3, -0.25) is 9.36 Å². The molecule has 0 saturated heterocycles. The highest BCUT2D eigenvalue weighted by atomic mass is 35.5. The fourth-order valence-electron chi connectivity index (χ4n) is 1.61. The zero-order valence-electron chi connectivity index (χ0n) is 9.14. The van der Waals surface area contributed by atoms with Gasteiger partial charge in [0.25, 0.3) is 0 Å². The van der Waals surface area contributed by atoms with Crippen molar-refractivity contribution in [3.8, 4) is 17.2 Å². The van der Waals surface area contributed by atoms with E-state index in [4.69, 9.17) is 16.9 Å². The number of hydrogen-bond acceptors (Lipinski definition) is 2. The molecule has 17 heavy (non-hydrogen) atoms. The highest BCUT2D eigenvalue weighted by Crippen LogP contribution is 2.26. The fourth-order valence-corrected chi connectivity index (χ4v) is 1.80. The minimum absolute atomic E-state index is 0.130. The van der Waals surface area contributed by atoms with Gasteiger partial charge in [-0.1, -0.05) is 23.7 Å². The van der Waals surface area contributed by atoms with Crippen LogP contribution in [0.15, 0.2) is 36.7 Å². The van der Waals surface area contributed by atoms with Gasteiger partial charge in [0, 0.05) is 29.9 Å². The number of aromatic nitrogens is 1. The monoisotopic (exact) mass is 244 g/mol. The highest BCUT2D eigenvalue weighted by molar-refractivity contribution is 6.30. The van der Waals surface area contributed by atoms with Gasteiger partial charge in [0.05, 0.1) is 5.56 Å². The number of nitrogens with zero attached hydrogens (tertiary/aromatic N) is 2. The number of halogens is 1. The molecule has 0 amide bonds. The number of hydrogen-bond donors (Lipinski definition) is 0. The molecule has 4 heteroatoms. The van der Waals surface area contributed by atoms with E-state index < -0.39 is 0 Å². The Bertz CT molecular complexity index is 623. The first-order chi connectivity index (χ1) is 8.11. The topological polar surface area (TPSA) is 45.8 Å². The van der Waals surface area contributed by atoms with E-state index in [1.807, 2.05) is 12.1 Å². The van der Waals surface area contributed by atoms with Crippen LogP contribution in [0.4, 0.5) is 0 Å². The Morgan fingerprint density at radius 3 is 2.76 bits per heavy atom. The van der Waals surface area contributed by atoms with Crippen molar-refractivity contribution in [3.05, 3.63) is 47.2 Å². The molecular weight excluding hydrogens is 236 g/mol. The van der Waals surface area contributed by atoms with Gasteiger partial charge in [-0.05, 0) is 17.7 Å². The van der Waals surface area contributed by atoms with Crippen LogP contribution in [0.1, 0.15) is 17.3 Å². The van der Waals surface area contributed by atoms with Crippen molar-refractivity contribution in [1.29, 1.82) is 5.26 Å². The van der Waals surface area contributed by atoms with Gasteiger partial charge in [0.2, 0.25) is 5.91 Å². The summed E-state index contributed by atoms with van der Waals surface area (Å²) in [5.41, 5.74) is 2.00. The van der Waals surface area contributed by atoms with E-state index >= 15 is 0 Å². The van der Waals surface area contributed by atoms with E-state index in [0.717, 1.165) is 5.56 Å². The molecule has 0 N–H and O–H groups in total. The van der Waals surface area contributed by atoms with Gasteiger partial charge < -0.3 is 0 Å². The van der Waals surface area contributed by atoms with Gasteiger partial charge >= 0.3 is 0 Å². The Kier molecular flexibility index (Phi) is 2.99. The lowest BCUT2D eigenvalue weighted by Crippen LogP contribution is -2.00. The lowest BCUT2D eigenvalue weighted by Gasteiger charge is -1.99.